The van der Waals surface area contributed by atoms with Crippen LogP contribution in [-0.2, 0) is 6.18 Å². The number of rotatable bonds is 4. The highest BCUT2D eigenvalue weighted by Crippen LogP contribution is 2.37. The van der Waals surface area contributed by atoms with Gasteiger partial charge in [-0.15, -0.1) is 6.58 Å². The Morgan fingerprint density at radius 3 is 2.50 bits per heavy atom. The van der Waals surface area contributed by atoms with Crippen molar-refractivity contribution >= 4 is 11.6 Å². The monoisotopic (exact) mass is 336 g/mol. The summed E-state index contributed by atoms with van der Waals surface area (Å²) in [6, 6.07) is 0.986. The van der Waals surface area contributed by atoms with Gasteiger partial charge < -0.3 is 5.32 Å². The van der Waals surface area contributed by atoms with Gasteiger partial charge in [-0.3, -0.25) is 4.90 Å². The second-order valence-corrected chi connectivity index (χ2v) is 5.59. The molecule has 0 bridgehead atoms. The maximum absolute atomic E-state index is 14.3. The van der Waals surface area contributed by atoms with Crippen LogP contribution in [0.1, 0.15) is 23.6 Å². The summed E-state index contributed by atoms with van der Waals surface area (Å²) in [6.07, 6.45) is -2.62. The SMILES string of the molecule is C=CC[C@H](c1cc(C(F)(F)F)cc(Cl)c1F)N1CCNCC1. The number of halogens is 5. The van der Waals surface area contributed by atoms with E-state index in [0.29, 0.717) is 38.7 Å². The second kappa shape index (κ2) is 6.98. The predicted octanol–water partition coefficient (Wildman–Crippen LogP) is 4.02. The van der Waals surface area contributed by atoms with Crippen LogP contribution in [0.25, 0.3) is 0 Å². The fourth-order valence-corrected chi connectivity index (χ4v) is 2.87. The molecule has 122 valence electrons. The summed E-state index contributed by atoms with van der Waals surface area (Å²) < 4.78 is 53.2. The topological polar surface area (TPSA) is 15.3 Å². The highest BCUT2D eigenvalue weighted by molar-refractivity contribution is 6.30. The Bertz CT molecular complexity index is 539. The van der Waals surface area contributed by atoms with E-state index in [0.717, 1.165) is 6.07 Å². The van der Waals surface area contributed by atoms with E-state index in [4.69, 9.17) is 11.6 Å². The largest absolute Gasteiger partial charge is 0.416 e. The van der Waals surface area contributed by atoms with E-state index in [9.17, 15) is 17.6 Å². The maximum Gasteiger partial charge on any atom is 0.416 e. The molecule has 1 fully saturated rings. The van der Waals surface area contributed by atoms with Gasteiger partial charge in [-0.2, -0.15) is 13.2 Å². The number of hydrogen-bond donors (Lipinski definition) is 1. The molecule has 0 spiro atoms. The fourth-order valence-electron chi connectivity index (χ4n) is 2.64. The van der Waals surface area contributed by atoms with Crippen molar-refractivity contribution in [2.75, 3.05) is 26.2 Å². The lowest BCUT2D eigenvalue weighted by Crippen LogP contribution is -2.45. The molecule has 1 aromatic carbocycles. The van der Waals surface area contributed by atoms with Gasteiger partial charge >= 0.3 is 6.18 Å². The summed E-state index contributed by atoms with van der Waals surface area (Å²) in [6.45, 7) is 6.31. The average molecular weight is 337 g/mol. The minimum Gasteiger partial charge on any atom is -0.314 e. The van der Waals surface area contributed by atoms with E-state index in [-0.39, 0.29) is 5.56 Å². The molecule has 1 aliphatic heterocycles. The van der Waals surface area contributed by atoms with Gasteiger partial charge in [0, 0.05) is 37.8 Å². The Labute approximate surface area is 131 Å². The molecule has 7 heteroatoms. The van der Waals surface area contributed by atoms with Crippen molar-refractivity contribution in [3.05, 3.63) is 46.8 Å². The smallest absolute Gasteiger partial charge is 0.314 e. The van der Waals surface area contributed by atoms with Crippen molar-refractivity contribution in [1.29, 1.82) is 0 Å². The lowest BCUT2D eigenvalue weighted by atomic mass is 9.98. The number of alkyl halides is 3. The van der Waals surface area contributed by atoms with E-state index in [2.05, 4.69) is 11.9 Å². The number of nitrogens with zero attached hydrogens (tertiary/aromatic N) is 1. The molecule has 2 rings (SSSR count). The first-order valence-corrected chi connectivity index (χ1v) is 7.34. The Kier molecular flexibility index (Phi) is 5.47. The minimum atomic E-state index is -4.56. The van der Waals surface area contributed by atoms with E-state index in [1.165, 1.54) is 0 Å². The quantitative estimate of drug-likeness (QED) is 0.660. The van der Waals surface area contributed by atoms with Crippen LogP contribution in [0, 0.1) is 5.82 Å². The van der Waals surface area contributed by atoms with Crippen molar-refractivity contribution in [2.24, 2.45) is 0 Å². The predicted molar refractivity (Wildman–Crippen MR) is 78.4 cm³/mol. The van der Waals surface area contributed by atoms with Gasteiger partial charge in [0.15, 0.2) is 0 Å². The fraction of sp³-hybridized carbons (Fsp3) is 0.467. The van der Waals surface area contributed by atoms with Gasteiger partial charge in [0.25, 0.3) is 0 Å². The zero-order chi connectivity index (χ0) is 16.3. The van der Waals surface area contributed by atoms with Gasteiger partial charge in [-0.25, -0.2) is 4.39 Å². The van der Waals surface area contributed by atoms with Crippen molar-refractivity contribution in [1.82, 2.24) is 10.2 Å². The van der Waals surface area contributed by atoms with Crippen LogP contribution >= 0.6 is 11.6 Å². The van der Waals surface area contributed by atoms with Crippen molar-refractivity contribution in [3.8, 4) is 0 Å². The molecule has 0 aliphatic carbocycles. The van der Waals surface area contributed by atoms with Crippen LogP contribution in [-0.4, -0.2) is 31.1 Å². The lowest BCUT2D eigenvalue weighted by Gasteiger charge is -2.35. The first-order valence-electron chi connectivity index (χ1n) is 6.96. The molecule has 1 aliphatic rings. The minimum absolute atomic E-state index is 0.0263. The molecule has 1 saturated heterocycles. The van der Waals surface area contributed by atoms with Crippen LogP contribution in [0.3, 0.4) is 0 Å². The maximum atomic E-state index is 14.3. The zero-order valence-electron chi connectivity index (χ0n) is 11.9. The number of hydrogen-bond acceptors (Lipinski definition) is 2. The second-order valence-electron chi connectivity index (χ2n) is 5.19. The zero-order valence-corrected chi connectivity index (χ0v) is 12.6. The van der Waals surface area contributed by atoms with Crippen molar-refractivity contribution < 1.29 is 17.6 Å². The molecule has 1 aromatic rings. The molecule has 0 aromatic heterocycles. The molecular weight excluding hydrogens is 320 g/mol. The molecule has 0 radical (unpaired) electrons. The van der Waals surface area contributed by atoms with Crippen LogP contribution in [0.5, 0.6) is 0 Å². The Hall–Kier alpha value is -1.11. The average Bonchev–Trinajstić information content (AvgIpc) is 2.47. The number of benzene rings is 1. The summed E-state index contributed by atoms with van der Waals surface area (Å²) in [5.74, 6) is -0.792. The van der Waals surface area contributed by atoms with Crippen molar-refractivity contribution in [3.63, 3.8) is 0 Å². The first-order chi connectivity index (χ1) is 10.3. The normalized spacial score (nSPS) is 18.2. The van der Waals surface area contributed by atoms with E-state index < -0.39 is 28.6 Å². The van der Waals surface area contributed by atoms with Crippen LogP contribution in [0.2, 0.25) is 5.02 Å². The summed E-state index contributed by atoms with van der Waals surface area (Å²) in [4.78, 5) is 1.95. The molecule has 2 nitrogen and oxygen atoms in total. The van der Waals surface area contributed by atoms with E-state index in [1.54, 1.807) is 6.08 Å². The first kappa shape index (κ1) is 17.2. The Balaban J connectivity index is 2.45. The third-order valence-electron chi connectivity index (χ3n) is 3.72. The summed E-state index contributed by atoms with van der Waals surface area (Å²) >= 11 is 5.68. The molecular formula is C15H17ClF4N2. The van der Waals surface area contributed by atoms with Crippen LogP contribution < -0.4 is 5.32 Å². The van der Waals surface area contributed by atoms with Crippen LogP contribution in [0.15, 0.2) is 24.8 Å². The molecule has 0 saturated carbocycles. The van der Waals surface area contributed by atoms with Gasteiger partial charge in [0.05, 0.1) is 10.6 Å². The Morgan fingerprint density at radius 2 is 1.95 bits per heavy atom. The number of nitrogens with one attached hydrogen (secondary N) is 1. The molecule has 0 unspecified atom stereocenters. The van der Waals surface area contributed by atoms with Crippen molar-refractivity contribution in [2.45, 2.75) is 18.6 Å². The summed E-state index contributed by atoms with van der Waals surface area (Å²) in [7, 11) is 0. The van der Waals surface area contributed by atoms with E-state index >= 15 is 0 Å². The highest BCUT2D eigenvalue weighted by Gasteiger charge is 2.34. The molecule has 1 heterocycles. The highest BCUT2D eigenvalue weighted by atomic mass is 35.5. The molecule has 1 atom stereocenters. The van der Waals surface area contributed by atoms with Crippen LogP contribution in [0.4, 0.5) is 17.6 Å². The van der Waals surface area contributed by atoms with Gasteiger partial charge in [-0.1, -0.05) is 17.7 Å². The van der Waals surface area contributed by atoms with E-state index in [1.807, 2.05) is 4.90 Å². The third kappa shape index (κ3) is 3.80. The summed E-state index contributed by atoms with van der Waals surface area (Å²) in [5, 5.41) is 2.65. The Morgan fingerprint density at radius 1 is 1.32 bits per heavy atom. The number of piperazine rings is 1. The van der Waals surface area contributed by atoms with Gasteiger partial charge in [0.1, 0.15) is 5.82 Å². The molecule has 22 heavy (non-hydrogen) atoms. The van der Waals surface area contributed by atoms with Gasteiger partial charge in [-0.05, 0) is 18.6 Å². The lowest BCUT2D eigenvalue weighted by molar-refractivity contribution is -0.137. The third-order valence-corrected chi connectivity index (χ3v) is 4.00. The molecule has 0 amide bonds. The summed E-state index contributed by atoms with van der Waals surface area (Å²) in [5.41, 5.74) is -0.959. The standard InChI is InChI=1S/C15H17ClF4N2/c1-2-3-13(22-6-4-21-5-7-22)11-8-10(15(18,19)20)9-12(16)14(11)17/h2,8-9,13,21H,1,3-7H2/t13-/m1/s1. The van der Waals surface area contributed by atoms with Gasteiger partial charge in [0.2, 0.25) is 0 Å². The molecule has 1 N–H and O–H groups in total.